The minimum Gasteiger partial charge on any atom is -0.378 e. The molecule has 5 nitrogen and oxygen atoms in total. The van der Waals surface area contributed by atoms with Crippen molar-refractivity contribution in [1.29, 1.82) is 0 Å². The first kappa shape index (κ1) is 18.1. The number of amides is 2. The molecule has 0 bridgehead atoms. The van der Waals surface area contributed by atoms with Gasteiger partial charge < -0.3 is 5.11 Å². The van der Waals surface area contributed by atoms with Crippen LogP contribution in [0.25, 0.3) is 0 Å². The monoisotopic (exact) mass is 396 g/mol. The first-order chi connectivity index (χ1) is 12.0. The SMILES string of the molecule is O=C(NN1C(=O)CSC1c1c(Cl)cccc1Cl)C(O)c1ccccc1. The molecule has 1 aliphatic rings. The highest BCUT2D eigenvalue weighted by Crippen LogP contribution is 2.43. The van der Waals surface area contributed by atoms with E-state index >= 15 is 0 Å². The molecule has 8 heteroatoms. The molecule has 1 heterocycles. The van der Waals surface area contributed by atoms with Crippen LogP contribution in [0.15, 0.2) is 48.5 Å². The third-order valence-corrected chi connectivity index (χ3v) is 5.54. The Morgan fingerprint density at radius 3 is 2.44 bits per heavy atom. The van der Waals surface area contributed by atoms with Gasteiger partial charge in [0, 0.05) is 15.6 Å². The number of carbonyl (C=O) groups is 2. The number of aliphatic hydroxyl groups excluding tert-OH is 1. The largest absolute Gasteiger partial charge is 0.378 e. The molecule has 1 fully saturated rings. The van der Waals surface area contributed by atoms with E-state index in [4.69, 9.17) is 23.2 Å². The predicted molar refractivity (Wildman–Crippen MR) is 98.1 cm³/mol. The van der Waals surface area contributed by atoms with Gasteiger partial charge in [0.15, 0.2) is 6.10 Å². The maximum atomic E-state index is 12.4. The van der Waals surface area contributed by atoms with Crippen molar-refractivity contribution in [2.45, 2.75) is 11.5 Å². The molecule has 0 aliphatic carbocycles. The lowest BCUT2D eigenvalue weighted by atomic mass is 10.1. The highest BCUT2D eigenvalue weighted by atomic mass is 35.5. The van der Waals surface area contributed by atoms with Gasteiger partial charge in [-0.1, -0.05) is 59.6 Å². The van der Waals surface area contributed by atoms with Gasteiger partial charge in [-0.15, -0.1) is 11.8 Å². The lowest BCUT2D eigenvalue weighted by molar-refractivity contribution is -0.144. The molecule has 0 radical (unpaired) electrons. The summed E-state index contributed by atoms with van der Waals surface area (Å²) in [6.07, 6.45) is -1.39. The molecule has 0 aromatic heterocycles. The fourth-order valence-electron chi connectivity index (χ4n) is 2.47. The topological polar surface area (TPSA) is 69.6 Å². The van der Waals surface area contributed by atoms with Gasteiger partial charge in [-0.2, -0.15) is 0 Å². The normalized spacial score (nSPS) is 18.3. The number of benzene rings is 2. The number of aliphatic hydroxyl groups is 1. The first-order valence-corrected chi connectivity index (χ1v) is 9.20. The molecule has 2 unspecified atom stereocenters. The Morgan fingerprint density at radius 2 is 1.80 bits per heavy atom. The van der Waals surface area contributed by atoms with Gasteiger partial charge in [-0.05, 0) is 17.7 Å². The second-order valence-electron chi connectivity index (χ2n) is 5.35. The maximum absolute atomic E-state index is 12.4. The van der Waals surface area contributed by atoms with Crippen LogP contribution >= 0.6 is 35.0 Å². The first-order valence-electron chi connectivity index (χ1n) is 7.40. The van der Waals surface area contributed by atoms with Crippen molar-refractivity contribution in [3.8, 4) is 0 Å². The molecule has 130 valence electrons. The Balaban J connectivity index is 1.82. The van der Waals surface area contributed by atoms with E-state index in [0.29, 0.717) is 21.2 Å². The molecule has 2 atom stereocenters. The molecule has 2 aromatic rings. The van der Waals surface area contributed by atoms with Crippen molar-refractivity contribution in [3.05, 3.63) is 69.7 Å². The van der Waals surface area contributed by atoms with Crippen molar-refractivity contribution < 1.29 is 14.7 Å². The smallest absolute Gasteiger partial charge is 0.272 e. The number of hydrogen-bond donors (Lipinski definition) is 2. The van der Waals surface area contributed by atoms with E-state index in [0.717, 1.165) is 0 Å². The van der Waals surface area contributed by atoms with Gasteiger partial charge in [0.25, 0.3) is 11.8 Å². The Morgan fingerprint density at radius 1 is 1.16 bits per heavy atom. The van der Waals surface area contributed by atoms with Gasteiger partial charge in [0.05, 0.1) is 5.75 Å². The number of thioether (sulfide) groups is 1. The number of nitrogens with zero attached hydrogens (tertiary/aromatic N) is 1. The van der Waals surface area contributed by atoms with Crippen LogP contribution in [-0.2, 0) is 9.59 Å². The summed E-state index contributed by atoms with van der Waals surface area (Å²) in [6, 6.07) is 13.5. The zero-order valence-electron chi connectivity index (χ0n) is 12.9. The summed E-state index contributed by atoms with van der Waals surface area (Å²) in [7, 11) is 0. The third-order valence-electron chi connectivity index (χ3n) is 3.71. The van der Waals surface area contributed by atoms with E-state index in [9.17, 15) is 14.7 Å². The molecule has 0 spiro atoms. The van der Waals surface area contributed by atoms with Crippen LogP contribution in [0.5, 0.6) is 0 Å². The molecular formula is C17H14Cl2N2O3S. The van der Waals surface area contributed by atoms with Gasteiger partial charge in [-0.3, -0.25) is 15.0 Å². The quantitative estimate of drug-likeness (QED) is 0.831. The molecule has 2 N–H and O–H groups in total. The third kappa shape index (κ3) is 3.77. The number of rotatable bonds is 4. The Bertz CT molecular complexity index is 783. The average molecular weight is 397 g/mol. The molecule has 25 heavy (non-hydrogen) atoms. The number of hydrogen-bond acceptors (Lipinski definition) is 4. The number of carbonyl (C=O) groups excluding carboxylic acids is 2. The summed E-state index contributed by atoms with van der Waals surface area (Å²) in [5, 5.41) is 11.6. The summed E-state index contributed by atoms with van der Waals surface area (Å²) < 4.78 is 0. The van der Waals surface area contributed by atoms with Crippen LogP contribution in [0.3, 0.4) is 0 Å². The zero-order chi connectivity index (χ0) is 18.0. The van der Waals surface area contributed by atoms with Crippen molar-refractivity contribution in [1.82, 2.24) is 10.4 Å². The molecule has 1 saturated heterocycles. The van der Waals surface area contributed by atoms with Gasteiger partial charge in [0.2, 0.25) is 0 Å². The summed E-state index contributed by atoms with van der Waals surface area (Å²) in [4.78, 5) is 24.6. The number of halogens is 2. The van der Waals surface area contributed by atoms with Crippen LogP contribution in [0.1, 0.15) is 22.6 Å². The summed E-state index contributed by atoms with van der Waals surface area (Å²) in [6.45, 7) is 0. The van der Waals surface area contributed by atoms with E-state index in [-0.39, 0.29) is 11.7 Å². The van der Waals surface area contributed by atoms with Crippen molar-refractivity contribution in [2.75, 3.05) is 5.75 Å². The fraction of sp³-hybridized carbons (Fsp3) is 0.176. The summed E-state index contributed by atoms with van der Waals surface area (Å²) in [5.74, 6) is -0.816. The molecule has 2 aromatic carbocycles. The van der Waals surface area contributed by atoms with Crippen molar-refractivity contribution >= 4 is 46.8 Å². The van der Waals surface area contributed by atoms with Crippen LogP contribution in [0.2, 0.25) is 10.0 Å². The van der Waals surface area contributed by atoms with Crippen LogP contribution in [-0.4, -0.2) is 27.7 Å². The van der Waals surface area contributed by atoms with Gasteiger partial charge in [-0.25, -0.2) is 5.01 Å². The molecule has 3 rings (SSSR count). The summed E-state index contributed by atoms with van der Waals surface area (Å²) >= 11 is 13.7. The number of nitrogens with one attached hydrogen (secondary N) is 1. The highest BCUT2D eigenvalue weighted by molar-refractivity contribution is 8.00. The second-order valence-corrected chi connectivity index (χ2v) is 7.23. The van der Waals surface area contributed by atoms with E-state index in [2.05, 4.69) is 5.43 Å². The highest BCUT2D eigenvalue weighted by Gasteiger charge is 2.37. The lowest BCUT2D eigenvalue weighted by Gasteiger charge is -2.27. The van der Waals surface area contributed by atoms with Crippen LogP contribution in [0.4, 0.5) is 0 Å². The molecule has 2 amide bonds. The summed E-state index contributed by atoms with van der Waals surface area (Å²) in [5.41, 5.74) is 3.48. The van der Waals surface area contributed by atoms with Crippen LogP contribution < -0.4 is 5.43 Å². The molecule has 1 aliphatic heterocycles. The zero-order valence-corrected chi connectivity index (χ0v) is 15.2. The van der Waals surface area contributed by atoms with E-state index in [1.807, 2.05) is 0 Å². The Kier molecular flexibility index (Phi) is 5.54. The maximum Gasteiger partial charge on any atom is 0.272 e. The minimum atomic E-state index is -1.39. The average Bonchev–Trinajstić information content (AvgIpc) is 2.95. The van der Waals surface area contributed by atoms with Crippen molar-refractivity contribution in [2.24, 2.45) is 0 Å². The van der Waals surface area contributed by atoms with Crippen LogP contribution in [0, 0.1) is 0 Å². The van der Waals surface area contributed by atoms with E-state index in [1.165, 1.54) is 16.8 Å². The van der Waals surface area contributed by atoms with E-state index in [1.54, 1.807) is 48.5 Å². The Labute approximate surface area is 158 Å². The van der Waals surface area contributed by atoms with Gasteiger partial charge >= 0.3 is 0 Å². The Hall–Kier alpha value is -1.73. The molecular weight excluding hydrogens is 383 g/mol. The van der Waals surface area contributed by atoms with Crippen molar-refractivity contribution in [3.63, 3.8) is 0 Å². The second kappa shape index (κ2) is 7.66. The predicted octanol–water partition coefficient (Wildman–Crippen LogP) is 3.33. The minimum absolute atomic E-state index is 0.175. The molecule has 0 saturated carbocycles. The number of hydrazine groups is 1. The lowest BCUT2D eigenvalue weighted by Crippen LogP contribution is -2.46. The fourth-order valence-corrected chi connectivity index (χ4v) is 4.38. The van der Waals surface area contributed by atoms with E-state index < -0.39 is 17.4 Å². The van der Waals surface area contributed by atoms with Gasteiger partial charge in [0.1, 0.15) is 5.37 Å². The standard InChI is InChI=1S/C17H14Cl2N2O3S/c18-11-7-4-8-12(19)14(11)17-21(13(22)9-25-17)20-16(24)15(23)10-5-2-1-3-6-10/h1-8,15,17,23H,9H2,(H,20,24).